The molecule has 0 aliphatic carbocycles. The molecule has 28 heavy (non-hydrogen) atoms. The van der Waals surface area contributed by atoms with E-state index in [1.54, 1.807) is 0 Å². The number of carbonyl (C=O) groups is 1. The molecule has 0 saturated carbocycles. The first-order valence-corrected chi connectivity index (χ1v) is 10.0. The highest BCUT2D eigenvalue weighted by Crippen LogP contribution is 2.27. The summed E-state index contributed by atoms with van der Waals surface area (Å²) in [5.74, 6) is 1.04. The van der Waals surface area contributed by atoms with Crippen LogP contribution in [0.25, 0.3) is 22.5 Å². The summed E-state index contributed by atoms with van der Waals surface area (Å²) in [6.45, 7) is 3.66. The first-order valence-electron chi connectivity index (χ1n) is 10.0. The number of amides is 1. The molecular formula is C21H26N4O3. The number of unbranched alkanes of at least 4 members (excludes halogenated alkanes) is 1. The second-order valence-electron chi connectivity index (χ2n) is 7.22. The molecule has 1 aliphatic heterocycles. The van der Waals surface area contributed by atoms with Gasteiger partial charge in [0.2, 0.25) is 11.8 Å². The standard InChI is InChI=1S/C21H26N4O3/c1-2-3-10-20-23-24-21(28-20)18-12-15-7-4-5-9-17(15)25(18)14-19(26)22-13-16-8-6-11-27-16/h4-5,7,9,12,16H,2-3,6,8,10-11,13-14H2,1H3,(H,22,26)/t16-/m0/s1. The smallest absolute Gasteiger partial charge is 0.264 e. The lowest BCUT2D eigenvalue weighted by Crippen LogP contribution is -2.34. The maximum absolute atomic E-state index is 12.6. The molecule has 2 aromatic heterocycles. The van der Waals surface area contributed by atoms with Crippen molar-refractivity contribution in [2.45, 2.75) is 51.7 Å². The molecule has 1 aromatic carbocycles. The second-order valence-corrected chi connectivity index (χ2v) is 7.22. The van der Waals surface area contributed by atoms with Crippen LogP contribution in [0, 0.1) is 0 Å². The van der Waals surface area contributed by atoms with E-state index in [1.807, 2.05) is 34.9 Å². The Bertz CT molecular complexity index is 940. The van der Waals surface area contributed by atoms with E-state index >= 15 is 0 Å². The van der Waals surface area contributed by atoms with Crippen molar-refractivity contribution in [2.24, 2.45) is 0 Å². The van der Waals surface area contributed by atoms with Crippen LogP contribution in [0.5, 0.6) is 0 Å². The number of hydrogen-bond donors (Lipinski definition) is 1. The first-order chi connectivity index (χ1) is 13.7. The van der Waals surface area contributed by atoms with E-state index in [4.69, 9.17) is 9.15 Å². The van der Waals surface area contributed by atoms with Crippen molar-refractivity contribution >= 4 is 16.8 Å². The Morgan fingerprint density at radius 1 is 1.32 bits per heavy atom. The molecule has 1 saturated heterocycles. The van der Waals surface area contributed by atoms with Gasteiger partial charge in [0.05, 0.1) is 6.10 Å². The lowest BCUT2D eigenvalue weighted by molar-refractivity contribution is -0.122. The van der Waals surface area contributed by atoms with Crippen LogP contribution in [-0.2, 0) is 22.5 Å². The number of nitrogens with zero attached hydrogens (tertiary/aromatic N) is 3. The zero-order valence-electron chi connectivity index (χ0n) is 16.2. The lowest BCUT2D eigenvalue weighted by Gasteiger charge is -2.12. The molecule has 7 heteroatoms. The number of nitrogens with one attached hydrogen (secondary N) is 1. The molecule has 1 atom stereocenters. The number of rotatable bonds is 8. The average molecular weight is 382 g/mol. The van der Waals surface area contributed by atoms with Gasteiger partial charge < -0.3 is 19.0 Å². The van der Waals surface area contributed by atoms with Gasteiger partial charge in [-0.2, -0.15) is 0 Å². The van der Waals surface area contributed by atoms with Crippen LogP contribution in [0.3, 0.4) is 0 Å². The van der Waals surface area contributed by atoms with Gasteiger partial charge in [-0.25, -0.2) is 0 Å². The molecule has 0 bridgehead atoms. The molecule has 4 rings (SSSR count). The zero-order chi connectivity index (χ0) is 19.3. The normalized spacial score (nSPS) is 16.7. The monoisotopic (exact) mass is 382 g/mol. The highest BCUT2D eigenvalue weighted by Gasteiger charge is 2.20. The van der Waals surface area contributed by atoms with Crippen molar-refractivity contribution in [1.29, 1.82) is 0 Å². The van der Waals surface area contributed by atoms with Crippen molar-refractivity contribution in [3.05, 3.63) is 36.2 Å². The molecule has 1 amide bonds. The summed E-state index contributed by atoms with van der Waals surface area (Å²) in [5.41, 5.74) is 1.74. The summed E-state index contributed by atoms with van der Waals surface area (Å²) < 4.78 is 13.4. The molecule has 1 aliphatic rings. The number of fused-ring (bicyclic) bond motifs is 1. The summed E-state index contributed by atoms with van der Waals surface area (Å²) in [5, 5.41) is 12.4. The lowest BCUT2D eigenvalue weighted by atomic mass is 10.2. The Labute approximate surface area is 164 Å². The fourth-order valence-corrected chi connectivity index (χ4v) is 3.58. The van der Waals surface area contributed by atoms with E-state index < -0.39 is 0 Å². The minimum absolute atomic E-state index is 0.0520. The number of aromatic nitrogens is 3. The summed E-state index contributed by atoms with van der Waals surface area (Å²) in [6, 6.07) is 9.97. The summed E-state index contributed by atoms with van der Waals surface area (Å²) in [4.78, 5) is 12.6. The number of ether oxygens (including phenoxy) is 1. The van der Waals surface area contributed by atoms with E-state index in [0.717, 1.165) is 55.3 Å². The van der Waals surface area contributed by atoms with Gasteiger partial charge in [0.15, 0.2) is 0 Å². The fourth-order valence-electron chi connectivity index (χ4n) is 3.58. The van der Waals surface area contributed by atoms with Crippen LogP contribution in [0.2, 0.25) is 0 Å². The fraction of sp³-hybridized carbons (Fsp3) is 0.476. The molecule has 0 spiro atoms. The van der Waals surface area contributed by atoms with Gasteiger partial charge in [-0.05, 0) is 31.4 Å². The Kier molecular flexibility index (Phi) is 5.71. The third kappa shape index (κ3) is 4.09. The molecule has 148 valence electrons. The predicted octanol–water partition coefficient (Wildman–Crippen LogP) is 3.33. The third-order valence-electron chi connectivity index (χ3n) is 5.09. The molecule has 7 nitrogen and oxygen atoms in total. The Hall–Kier alpha value is -2.67. The molecule has 0 radical (unpaired) electrons. The van der Waals surface area contributed by atoms with Gasteiger partial charge in [0.25, 0.3) is 5.89 Å². The van der Waals surface area contributed by atoms with Gasteiger partial charge in [0.1, 0.15) is 12.2 Å². The summed E-state index contributed by atoms with van der Waals surface area (Å²) in [7, 11) is 0. The Balaban J connectivity index is 1.56. The van der Waals surface area contributed by atoms with E-state index in [0.29, 0.717) is 18.3 Å². The molecular weight excluding hydrogens is 356 g/mol. The van der Waals surface area contributed by atoms with E-state index in [-0.39, 0.29) is 18.6 Å². The van der Waals surface area contributed by atoms with Crippen LogP contribution >= 0.6 is 0 Å². The number of para-hydroxylation sites is 1. The quantitative estimate of drug-likeness (QED) is 0.646. The van der Waals surface area contributed by atoms with Gasteiger partial charge in [0, 0.05) is 30.5 Å². The highest BCUT2D eigenvalue weighted by atomic mass is 16.5. The maximum atomic E-state index is 12.6. The predicted molar refractivity (Wildman–Crippen MR) is 106 cm³/mol. The van der Waals surface area contributed by atoms with Gasteiger partial charge in [-0.15, -0.1) is 10.2 Å². The molecule has 1 N–H and O–H groups in total. The Morgan fingerprint density at radius 2 is 2.21 bits per heavy atom. The van der Waals surface area contributed by atoms with Gasteiger partial charge >= 0.3 is 0 Å². The van der Waals surface area contributed by atoms with Crippen molar-refractivity contribution in [2.75, 3.05) is 13.2 Å². The summed E-state index contributed by atoms with van der Waals surface area (Å²) >= 11 is 0. The minimum Gasteiger partial charge on any atom is -0.419 e. The topological polar surface area (TPSA) is 82.2 Å². The van der Waals surface area contributed by atoms with Crippen molar-refractivity contribution in [3.63, 3.8) is 0 Å². The van der Waals surface area contributed by atoms with Crippen molar-refractivity contribution in [3.8, 4) is 11.6 Å². The Morgan fingerprint density at radius 3 is 3.04 bits per heavy atom. The molecule has 1 fully saturated rings. The second kappa shape index (κ2) is 8.56. The number of hydrogen-bond acceptors (Lipinski definition) is 5. The molecule has 0 unspecified atom stereocenters. The van der Waals surface area contributed by atoms with Crippen molar-refractivity contribution in [1.82, 2.24) is 20.1 Å². The minimum atomic E-state index is -0.0520. The maximum Gasteiger partial charge on any atom is 0.264 e. The van der Waals surface area contributed by atoms with E-state index in [9.17, 15) is 4.79 Å². The number of benzene rings is 1. The SMILES string of the molecule is CCCCc1nnc(-c2cc3ccccc3n2CC(=O)NC[C@@H]2CCCO2)o1. The van der Waals surface area contributed by atoms with Crippen LogP contribution in [0.4, 0.5) is 0 Å². The summed E-state index contributed by atoms with van der Waals surface area (Å²) in [6.07, 6.45) is 5.04. The van der Waals surface area contributed by atoms with Crippen LogP contribution < -0.4 is 5.32 Å². The molecule has 3 heterocycles. The van der Waals surface area contributed by atoms with Crippen LogP contribution in [0.15, 0.2) is 34.7 Å². The van der Waals surface area contributed by atoms with E-state index in [1.165, 1.54) is 0 Å². The van der Waals surface area contributed by atoms with Gasteiger partial charge in [-0.3, -0.25) is 4.79 Å². The first kappa shape index (κ1) is 18.7. The molecule has 3 aromatic rings. The number of aryl methyl sites for hydroxylation is 1. The van der Waals surface area contributed by atoms with Crippen LogP contribution in [-0.4, -0.2) is 39.9 Å². The third-order valence-corrected chi connectivity index (χ3v) is 5.09. The van der Waals surface area contributed by atoms with Crippen molar-refractivity contribution < 1.29 is 13.9 Å². The van der Waals surface area contributed by atoms with E-state index in [2.05, 4.69) is 22.4 Å². The zero-order valence-corrected chi connectivity index (χ0v) is 16.2. The average Bonchev–Trinajstić information content (AvgIpc) is 3.45. The number of carbonyl (C=O) groups excluding carboxylic acids is 1. The van der Waals surface area contributed by atoms with Crippen LogP contribution in [0.1, 0.15) is 38.5 Å². The van der Waals surface area contributed by atoms with Gasteiger partial charge in [-0.1, -0.05) is 31.5 Å². The largest absolute Gasteiger partial charge is 0.419 e. The highest BCUT2D eigenvalue weighted by molar-refractivity contribution is 5.88.